The summed E-state index contributed by atoms with van der Waals surface area (Å²) in [5, 5.41) is 0. The highest BCUT2D eigenvalue weighted by atomic mass is 127. The molecule has 5 aliphatic rings. The van der Waals surface area contributed by atoms with E-state index in [9.17, 15) is 0 Å². The van der Waals surface area contributed by atoms with Gasteiger partial charge in [0.05, 0.1) is 31.0 Å². The summed E-state index contributed by atoms with van der Waals surface area (Å²) in [6.45, 7) is 26.8. The number of hydrogen-bond acceptors (Lipinski definition) is 4. The van der Waals surface area contributed by atoms with Crippen molar-refractivity contribution >= 4 is 30.3 Å². The van der Waals surface area contributed by atoms with Gasteiger partial charge in [-0.2, -0.15) is 0 Å². The number of ether oxygens (including phenoxy) is 2. The van der Waals surface area contributed by atoms with Crippen molar-refractivity contribution in [2.24, 2.45) is 56.7 Å². The predicted octanol–water partition coefficient (Wildman–Crippen LogP) is 14.3. The largest absolute Gasteiger partial charge is 0.376 e. The molecule has 308 valence electrons. The van der Waals surface area contributed by atoms with Crippen molar-refractivity contribution in [3.63, 3.8) is 0 Å². The van der Waals surface area contributed by atoms with Crippen molar-refractivity contribution < 1.29 is 9.47 Å². The van der Waals surface area contributed by atoms with E-state index in [0.29, 0.717) is 36.2 Å². The molecule has 5 aliphatic carbocycles. The van der Waals surface area contributed by atoms with E-state index < -0.39 is 0 Å². The number of benzene rings is 1. The second kappa shape index (κ2) is 17.6. The summed E-state index contributed by atoms with van der Waals surface area (Å²) < 4.78 is 18.2. The zero-order valence-electron chi connectivity index (χ0n) is 36.6. The Hall–Kier alpha value is -0.520. The van der Waals surface area contributed by atoms with E-state index in [1.165, 1.54) is 82.6 Å². The van der Waals surface area contributed by atoms with E-state index in [2.05, 4.69) is 143 Å². The lowest BCUT2D eigenvalue weighted by atomic mass is 9.36. The van der Waals surface area contributed by atoms with Gasteiger partial charge in [0.25, 0.3) is 0 Å². The van der Waals surface area contributed by atoms with E-state index in [-0.39, 0.29) is 44.8 Å². The molecule has 0 amide bonds. The lowest BCUT2D eigenvalue weighted by Gasteiger charge is -2.68. The van der Waals surface area contributed by atoms with Crippen molar-refractivity contribution in [3.05, 3.63) is 47.5 Å². The third kappa shape index (κ3) is 8.08. The fourth-order valence-electron chi connectivity index (χ4n) is 13.8. The van der Waals surface area contributed by atoms with Gasteiger partial charge in [-0.1, -0.05) is 143 Å². The lowest BCUT2D eigenvalue weighted by molar-refractivity contribution is -0.166. The second-order valence-electron chi connectivity index (χ2n) is 20.9. The fraction of sp³-hybridized carbons (Fsp3) is 0.800. The van der Waals surface area contributed by atoms with Gasteiger partial charge in [-0.15, -0.1) is 5.92 Å². The molecule has 0 aliphatic heterocycles. The van der Waals surface area contributed by atoms with Gasteiger partial charge in [0, 0.05) is 38.5 Å². The highest BCUT2D eigenvalue weighted by Gasteiger charge is 2.67. The highest BCUT2D eigenvalue weighted by molar-refractivity contribution is 14.2. The second-order valence-corrected chi connectivity index (χ2v) is 22.6. The Labute approximate surface area is 355 Å². The average molecular weight is 884 g/mol. The topological polar surface area (TPSA) is 30.5 Å². The van der Waals surface area contributed by atoms with Crippen LogP contribution in [0.5, 0.6) is 0 Å². The minimum atomic E-state index is 0.0265. The number of allylic oxidation sites excluding steroid dienone is 2. The van der Waals surface area contributed by atoms with Crippen molar-refractivity contribution in [1.82, 2.24) is 4.72 Å². The minimum absolute atomic E-state index is 0.0265. The van der Waals surface area contributed by atoms with E-state index in [1.54, 1.807) is 14.7 Å². The van der Waals surface area contributed by atoms with Gasteiger partial charge in [-0.3, -0.25) is 0 Å². The molecule has 1 aromatic carbocycles. The normalized spacial score (nSPS) is 35.4. The van der Waals surface area contributed by atoms with Crippen molar-refractivity contribution in [2.45, 2.75) is 190 Å². The van der Waals surface area contributed by atoms with E-state index in [0.717, 1.165) is 25.9 Å². The molecule has 6 unspecified atom stereocenters. The first-order chi connectivity index (χ1) is 26.2. The summed E-state index contributed by atoms with van der Waals surface area (Å²) in [5.74, 6) is 10.8. The first-order valence-electron chi connectivity index (χ1n) is 22.7. The molecular weight excluding hydrogens is 806 g/mol. The van der Waals surface area contributed by atoms with Gasteiger partial charge in [-0.25, -0.2) is 4.72 Å². The van der Waals surface area contributed by atoms with Crippen LogP contribution in [0.25, 0.3) is 0 Å². The first-order valence-corrected chi connectivity index (χ1v) is 26.1. The Kier molecular flexibility index (Phi) is 14.1. The first kappa shape index (κ1) is 44.0. The average Bonchev–Trinajstić information content (AvgIpc) is 3.16. The van der Waals surface area contributed by atoms with Crippen LogP contribution in [0.2, 0.25) is 0 Å². The molecule has 3 fully saturated rings. The molecule has 0 aromatic heterocycles. The van der Waals surface area contributed by atoms with Crippen LogP contribution >= 0.6 is 30.3 Å². The monoisotopic (exact) mass is 883 g/mol. The van der Waals surface area contributed by atoms with Crippen LogP contribution in [-0.4, -0.2) is 24.4 Å². The number of nitrogens with one attached hydrogen (secondary N) is 1. The SMILES string of the molecule is CCC(C)C[C@](C)(C(CC)OCC1(NSI)CCCCC1)C1CCC2C(=CC[C@]34C#CC[C@]([C@H](OCc5ccccc5)C(C)C)(CCC23C)C4)C1(C)C(C)C. The molecule has 1 spiro atoms. The molecule has 0 saturated heterocycles. The van der Waals surface area contributed by atoms with Gasteiger partial charge in [0.2, 0.25) is 0 Å². The summed E-state index contributed by atoms with van der Waals surface area (Å²) >= 11 is 2.43. The fourth-order valence-corrected chi connectivity index (χ4v) is 15.7. The standard InChI is InChI=1S/C50H78INO2S/c1-11-38(7)32-45(8,43(12-2)54-35-50(52-55-51)27-17-14-18-28-50)42-23-22-40-41(47(42,10)37(5)6)24-29-49-26-19-25-48(34-49,31-30-46(40,49)9)44(36(3)4)53-33-39-20-15-13-16-21-39/h13,15-16,20-21,24,36-38,40,42-44,52H,11-12,14,17-18,22-23,25,27-35H2,1-10H3/t38?,40?,42?,43?,44-,45+,46?,47?,48+,49+/m1/s1. The molecule has 1 aromatic rings. The molecular formula is C50H78INO2S. The Morgan fingerprint density at radius 2 is 1.67 bits per heavy atom. The van der Waals surface area contributed by atoms with Crippen LogP contribution in [-0.2, 0) is 16.1 Å². The lowest BCUT2D eigenvalue weighted by Crippen LogP contribution is -2.62. The molecule has 5 heteroatoms. The number of hydrogen-bond donors (Lipinski definition) is 1. The number of rotatable bonds is 17. The molecule has 2 bridgehead atoms. The van der Waals surface area contributed by atoms with Gasteiger partial charge in [-0.05, 0) is 125 Å². The molecule has 0 radical (unpaired) electrons. The summed E-state index contributed by atoms with van der Waals surface area (Å²) in [6, 6.07) is 10.8. The van der Waals surface area contributed by atoms with E-state index >= 15 is 0 Å². The van der Waals surface area contributed by atoms with Crippen molar-refractivity contribution in [2.75, 3.05) is 6.61 Å². The van der Waals surface area contributed by atoms with Gasteiger partial charge >= 0.3 is 0 Å². The Balaban J connectivity index is 1.33. The number of halogens is 1. The Bertz CT molecular complexity index is 1520. The summed E-state index contributed by atoms with van der Waals surface area (Å²) in [7, 11) is 1.77. The van der Waals surface area contributed by atoms with Crippen LogP contribution in [0.15, 0.2) is 42.0 Å². The molecule has 10 atom stereocenters. The molecule has 55 heavy (non-hydrogen) atoms. The Morgan fingerprint density at radius 3 is 2.31 bits per heavy atom. The molecule has 3 saturated carbocycles. The van der Waals surface area contributed by atoms with E-state index in [1.807, 2.05) is 0 Å². The molecule has 6 rings (SSSR count). The van der Waals surface area contributed by atoms with Crippen LogP contribution in [0.3, 0.4) is 0 Å². The maximum Gasteiger partial charge on any atom is 0.0721 e. The summed E-state index contributed by atoms with van der Waals surface area (Å²) in [4.78, 5) is 0. The predicted molar refractivity (Wildman–Crippen MR) is 244 cm³/mol. The quantitative estimate of drug-likeness (QED) is 0.0731. The summed E-state index contributed by atoms with van der Waals surface area (Å²) in [6.07, 6.45) is 21.6. The third-order valence-corrected chi connectivity index (χ3v) is 18.4. The molecule has 3 nitrogen and oxygen atoms in total. The van der Waals surface area contributed by atoms with Gasteiger partial charge in [0.1, 0.15) is 0 Å². The minimum Gasteiger partial charge on any atom is -0.376 e. The maximum absolute atomic E-state index is 7.39. The maximum atomic E-state index is 7.39. The number of fused-ring (bicyclic) bond motifs is 3. The third-order valence-electron chi connectivity index (χ3n) is 17.3. The van der Waals surface area contributed by atoms with Gasteiger partial charge < -0.3 is 9.47 Å². The van der Waals surface area contributed by atoms with Gasteiger partial charge in [0.15, 0.2) is 0 Å². The zero-order valence-corrected chi connectivity index (χ0v) is 39.6. The Morgan fingerprint density at radius 1 is 0.945 bits per heavy atom. The van der Waals surface area contributed by atoms with Crippen LogP contribution in [0.4, 0.5) is 0 Å². The van der Waals surface area contributed by atoms with Crippen molar-refractivity contribution in [3.8, 4) is 11.8 Å². The highest BCUT2D eigenvalue weighted by Crippen LogP contribution is 2.73. The zero-order chi connectivity index (χ0) is 39.7. The van der Waals surface area contributed by atoms with E-state index in [4.69, 9.17) is 9.47 Å². The smallest absolute Gasteiger partial charge is 0.0721 e. The van der Waals surface area contributed by atoms with Crippen LogP contribution < -0.4 is 4.72 Å². The summed E-state index contributed by atoms with van der Waals surface area (Å²) in [5.41, 5.74) is 3.70. The molecule has 1 N–H and O–H groups in total. The van der Waals surface area contributed by atoms with Crippen molar-refractivity contribution in [1.29, 1.82) is 0 Å². The molecule has 0 heterocycles. The van der Waals surface area contributed by atoms with Crippen LogP contribution in [0, 0.1) is 68.5 Å². The van der Waals surface area contributed by atoms with Crippen LogP contribution in [0.1, 0.15) is 171 Å².